The fraction of sp³-hybridized carbons (Fsp3) is 0.286. The van der Waals surface area contributed by atoms with Gasteiger partial charge in [-0.25, -0.2) is 0 Å². The van der Waals surface area contributed by atoms with Crippen LogP contribution >= 0.6 is 12.4 Å². The number of carbonyl (C=O) groups is 1. The van der Waals surface area contributed by atoms with Crippen molar-refractivity contribution in [2.24, 2.45) is 0 Å². The van der Waals surface area contributed by atoms with Crippen molar-refractivity contribution < 1.29 is 4.79 Å². The summed E-state index contributed by atoms with van der Waals surface area (Å²) in [6.45, 7) is 6.67. The SMILES string of the molecule is C=CC(=O)N(c1ccccc1)C1CCN(Cc2ccccc2)CC1.Cl. The normalized spacial score (nSPS) is 15.2. The molecule has 25 heavy (non-hydrogen) atoms. The molecule has 1 aliphatic heterocycles. The first-order valence-corrected chi connectivity index (χ1v) is 8.55. The highest BCUT2D eigenvalue weighted by Gasteiger charge is 2.27. The molecule has 0 aromatic heterocycles. The number of hydrogen-bond donors (Lipinski definition) is 0. The van der Waals surface area contributed by atoms with E-state index < -0.39 is 0 Å². The van der Waals surface area contributed by atoms with E-state index in [0.717, 1.165) is 38.2 Å². The maximum atomic E-state index is 12.4. The number of amides is 1. The van der Waals surface area contributed by atoms with Crippen LogP contribution < -0.4 is 4.90 Å². The summed E-state index contributed by atoms with van der Waals surface area (Å²) in [5.74, 6) is -0.0114. The molecule has 132 valence electrons. The van der Waals surface area contributed by atoms with Gasteiger partial charge in [-0.3, -0.25) is 9.69 Å². The molecular formula is C21H25ClN2O. The van der Waals surface area contributed by atoms with E-state index in [2.05, 4.69) is 35.7 Å². The molecule has 0 bridgehead atoms. The third-order valence-electron chi connectivity index (χ3n) is 4.62. The van der Waals surface area contributed by atoms with E-state index in [1.165, 1.54) is 11.6 Å². The average molecular weight is 357 g/mol. The van der Waals surface area contributed by atoms with Gasteiger partial charge in [0.15, 0.2) is 0 Å². The van der Waals surface area contributed by atoms with Crippen molar-refractivity contribution in [2.75, 3.05) is 18.0 Å². The lowest BCUT2D eigenvalue weighted by Gasteiger charge is -2.38. The van der Waals surface area contributed by atoms with Gasteiger partial charge in [-0.1, -0.05) is 55.1 Å². The number of piperidine rings is 1. The standard InChI is InChI=1S/C21H24N2O.ClH/c1-2-21(24)23(19-11-7-4-8-12-19)20-13-15-22(16-14-20)17-18-9-5-3-6-10-18;/h2-12,20H,1,13-17H2;1H. The van der Waals surface area contributed by atoms with E-state index in [4.69, 9.17) is 0 Å². The van der Waals surface area contributed by atoms with Crippen molar-refractivity contribution in [3.05, 3.63) is 78.9 Å². The summed E-state index contributed by atoms with van der Waals surface area (Å²) in [6.07, 6.45) is 3.39. The highest BCUT2D eigenvalue weighted by Crippen LogP contribution is 2.24. The number of carbonyl (C=O) groups excluding carboxylic acids is 1. The molecule has 0 aliphatic carbocycles. The Morgan fingerprint density at radius 1 is 1.04 bits per heavy atom. The molecule has 2 aromatic rings. The summed E-state index contributed by atoms with van der Waals surface area (Å²) < 4.78 is 0. The lowest BCUT2D eigenvalue weighted by Crippen LogP contribution is -2.47. The van der Waals surface area contributed by atoms with Crippen LogP contribution in [-0.4, -0.2) is 29.9 Å². The van der Waals surface area contributed by atoms with E-state index in [9.17, 15) is 4.79 Å². The Balaban J connectivity index is 0.00000225. The summed E-state index contributed by atoms with van der Waals surface area (Å²) in [4.78, 5) is 16.8. The lowest BCUT2D eigenvalue weighted by molar-refractivity contribution is -0.114. The summed E-state index contributed by atoms with van der Waals surface area (Å²) in [5, 5.41) is 0. The van der Waals surface area contributed by atoms with Crippen LogP contribution in [-0.2, 0) is 11.3 Å². The largest absolute Gasteiger partial charge is 0.306 e. The molecule has 0 spiro atoms. The first-order valence-electron chi connectivity index (χ1n) is 8.55. The monoisotopic (exact) mass is 356 g/mol. The Morgan fingerprint density at radius 3 is 2.16 bits per heavy atom. The Morgan fingerprint density at radius 2 is 1.60 bits per heavy atom. The summed E-state index contributed by atoms with van der Waals surface area (Å²) >= 11 is 0. The molecular weight excluding hydrogens is 332 g/mol. The van der Waals surface area contributed by atoms with Gasteiger partial charge >= 0.3 is 0 Å². The minimum absolute atomic E-state index is 0. The zero-order valence-electron chi connectivity index (χ0n) is 14.4. The molecule has 1 aliphatic rings. The van der Waals surface area contributed by atoms with E-state index >= 15 is 0 Å². The van der Waals surface area contributed by atoms with Gasteiger partial charge in [-0.2, -0.15) is 0 Å². The van der Waals surface area contributed by atoms with Crippen molar-refractivity contribution in [1.82, 2.24) is 4.90 Å². The molecule has 0 N–H and O–H groups in total. The minimum Gasteiger partial charge on any atom is -0.306 e. The molecule has 1 heterocycles. The fourth-order valence-electron chi connectivity index (χ4n) is 3.38. The second-order valence-corrected chi connectivity index (χ2v) is 6.24. The maximum Gasteiger partial charge on any atom is 0.250 e. The Bertz CT molecular complexity index is 667. The molecule has 0 saturated carbocycles. The third-order valence-corrected chi connectivity index (χ3v) is 4.62. The molecule has 3 nitrogen and oxygen atoms in total. The number of benzene rings is 2. The predicted molar refractivity (Wildman–Crippen MR) is 106 cm³/mol. The Kier molecular flexibility index (Phi) is 7.23. The molecule has 2 aromatic carbocycles. The van der Waals surface area contributed by atoms with Crippen molar-refractivity contribution in [3.8, 4) is 0 Å². The first-order chi connectivity index (χ1) is 11.8. The predicted octanol–water partition coefficient (Wildman–Crippen LogP) is 4.29. The second-order valence-electron chi connectivity index (χ2n) is 6.24. The van der Waals surface area contributed by atoms with Crippen LogP contribution in [0.4, 0.5) is 5.69 Å². The fourth-order valence-corrected chi connectivity index (χ4v) is 3.38. The number of hydrogen-bond acceptors (Lipinski definition) is 2. The van der Waals surface area contributed by atoms with Crippen molar-refractivity contribution >= 4 is 24.0 Å². The van der Waals surface area contributed by atoms with Gasteiger partial charge in [0, 0.05) is 31.4 Å². The molecule has 1 saturated heterocycles. The summed E-state index contributed by atoms with van der Waals surface area (Å²) in [7, 11) is 0. The van der Waals surface area contributed by atoms with Gasteiger partial charge in [0.1, 0.15) is 0 Å². The third kappa shape index (κ3) is 4.94. The van der Waals surface area contributed by atoms with E-state index in [1.807, 2.05) is 41.3 Å². The second kappa shape index (κ2) is 9.40. The van der Waals surface area contributed by atoms with Gasteiger partial charge < -0.3 is 4.90 Å². The number of rotatable bonds is 5. The summed E-state index contributed by atoms with van der Waals surface area (Å²) in [5.41, 5.74) is 2.31. The molecule has 0 atom stereocenters. The Labute approximate surface area is 156 Å². The van der Waals surface area contributed by atoms with Crippen molar-refractivity contribution in [3.63, 3.8) is 0 Å². The van der Waals surface area contributed by atoms with Gasteiger partial charge in [-0.05, 0) is 36.6 Å². The molecule has 1 fully saturated rings. The van der Waals surface area contributed by atoms with Gasteiger partial charge in [-0.15, -0.1) is 12.4 Å². The van der Waals surface area contributed by atoms with Gasteiger partial charge in [0.25, 0.3) is 5.91 Å². The van der Waals surface area contributed by atoms with Gasteiger partial charge in [0.05, 0.1) is 0 Å². The topological polar surface area (TPSA) is 23.6 Å². The highest BCUT2D eigenvalue weighted by molar-refractivity contribution is 6.01. The first kappa shape index (κ1) is 19.2. The van der Waals surface area contributed by atoms with Crippen LogP contribution in [0, 0.1) is 0 Å². The number of likely N-dealkylation sites (tertiary alicyclic amines) is 1. The quantitative estimate of drug-likeness (QED) is 0.746. The number of nitrogens with zero attached hydrogens (tertiary/aromatic N) is 2. The lowest BCUT2D eigenvalue weighted by atomic mass is 10.0. The molecule has 4 heteroatoms. The number of halogens is 1. The average Bonchev–Trinajstić information content (AvgIpc) is 2.65. The van der Waals surface area contributed by atoms with Crippen LogP contribution in [0.25, 0.3) is 0 Å². The molecule has 0 radical (unpaired) electrons. The van der Waals surface area contributed by atoms with Crippen molar-refractivity contribution in [2.45, 2.75) is 25.4 Å². The number of anilines is 1. The van der Waals surface area contributed by atoms with Crippen LogP contribution in [0.2, 0.25) is 0 Å². The van der Waals surface area contributed by atoms with Crippen LogP contribution in [0.15, 0.2) is 73.3 Å². The minimum atomic E-state index is -0.0114. The molecule has 1 amide bonds. The van der Waals surface area contributed by atoms with E-state index in [0.29, 0.717) is 0 Å². The smallest absolute Gasteiger partial charge is 0.250 e. The zero-order chi connectivity index (χ0) is 16.8. The van der Waals surface area contributed by atoms with Crippen LogP contribution in [0.3, 0.4) is 0 Å². The summed E-state index contributed by atoms with van der Waals surface area (Å²) in [6, 6.07) is 20.7. The van der Waals surface area contributed by atoms with Crippen LogP contribution in [0.1, 0.15) is 18.4 Å². The molecule has 3 rings (SSSR count). The highest BCUT2D eigenvalue weighted by atomic mass is 35.5. The Hall–Kier alpha value is -2.10. The van der Waals surface area contributed by atoms with Crippen LogP contribution in [0.5, 0.6) is 0 Å². The van der Waals surface area contributed by atoms with Crippen molar-refractivity contribution in [1.29, 1.82) is 0 Å². The van der Waals surface area contributed by atoms with E-state index in [1.54, 1.807) is 0 Å². The van der Waals surface area contributed by atoms with Gasteiger partial charge in [0.2, 0.25) is 0 Å². The number of para-hydroxylation sites is 1. The molecule has 0 unspecified atom stereocenters. The van der Waals surface area contributed by atoms with E-state index in [-0.39, 0.29) is 24.4 Å². The maximum absolute atomic E-state index is 12.4. The zero-order valence-corrected chi connectivity index (χ0v) is 15.2.